The number of rotatable bonds is 16. The summed E-state index contributed by atoms with van der Waals surface area (Å²) in [5.74, 6) is -3.28. The van der Waals surface area contributed by atoms with Crippen LogP contribution in [-0.4, -0.2) is 105 Å². The second kappa shape index (κ2) is 14.6. The first kappa shape index (κ1) is 25.7. The molecule has 0 saturated carbocycles. The molecular formula is C17H24N4O7S2. The first-order chi connectivity index (χ1) is 14.3. The maximum Gasteiger partial charge on any atom is 0.317 e. The third kappa shape index (κ3) is 13.0. The fourth-order valence-electron chi connectivity index (χ4n) is 2.27. The Balaban J connectivity index is 2.39. The zero-order valence-corrected chi connectivity index (χ0v) is 17.7. The summed E-state index contributed by atoms with van der Waals surface area (Å²) < 4.78 is 0. The molecule has 4 N–H and O–H groups in total. The molecule has 0 radical (unpaired) electrons. The van der Waals surface area contributed by atoms with Crippen molar-refractivity contribution in [1.29, 1.82) is 0 Å². The molecule has 0 fully saturated rings. The molecule has 1 heterocycles. The van der Waals surface area contributed by atoms with Crippen LogP contribution >= 0.6 is 21.6 Å². The summed E-state index contributed by atoms with van der Waals surface area (Å²) >= 11 is 0. The van der Waals surface area contributed by atoms with Gasteiger partial charge in [-0.15, -0.1) is 0 Å². The molecule has 13 heteroatoms. The number of nitrogens with zero attached hydrogens (tertiary/aromatic N) is 3. The molecule has 11 nitrogen and oxygen atoms in total. The van der Waals surface area contributed by atoms with Gasteiger partial charge in [-0.2, -0.15) is 0 Å². The van der Waals surface area contributed by atoms with Gasteiger partial charge in [0, 0.05) is 31.6 Å². The van der Waals surface area contributed by atoms with Crippen LogP contribution in [0.2, 0.25) is 0 Å². The van der Waals surface area contributed by atoms with E-state index < -0.39 is 37.5 Å². The number of aliphatic carboxylic acids is 3. The molecule has 0 saturated heterocycles. The van der Waals surface area contributed by atoms with Gasteiger partial charge in [0.2, 0.25) is 5.91 Å². The van der Waals surface area contributed by atoms with E-state index >= 15 is 0 Å². The van der Waals surface area contributed by atoms with Crippen LogP contribution in [-0.2, 0) is 19.2 Å². The highest BCUT2D eigenvalue weighted by atomic mass is 33.1. The van der Waals surface area contributed by atoms with Crippen molar-refractivity contribution in [2.75, 3.05) is 51.6 Å². The summed E-state index contributed by atoms with van der Waals surface area (Å²) in [6, 6.07) is 5.57. The number of carbonyl (C=O) groups excluding carboxylic acids is 1. The van der Waals surface area contributed by atoms with Crippen LogP contribution in [0.3, 0.4) is 0 Å². The minimum Gasteiger partial charge on any atom is -0.480 e. The molecule has 1 aromatic rings. The van der Waals surface area contributed by atoms with E-state index in [-0.39, 0.29) is 25.5 Å². The molecule has 0 unspecified atom stereocenters. The second-order valence-corrected chi connectivity index (χ2v) is 8.46. The lowest BCUT2D eigenvalue weighted by Crippen LogP contribution is -2.45. The van der Waals surface area contributed by atoms with Gasteiger partial charge in [0.05, 0.1) is 26.2 Å². The van der Waals surface area contributed by atoms with Crippen LogP contribution < -0.4 is 5.32 Å². The van der Waals surface area contributed by atoms with E-state index in [1.54, 1.807) is 6.20 Å². The molecule has 0 bridgehead atoms. The number of hydrogen-bond donors (Lipinski definition) is 4. The van der Waals surface area contributed by atoms with Gasteiger partial charge in [-0.3, -0.25) is 29.0 Å². The predicted octanol–water partition coefficient (Wildman–Crippen LogP) is -0.204. The standard InChI is InChI=1S/C17H24N4O7S2/c22-13(18-5-8-29-30-14-3-1-2-4-19-14)9-20(10-15(23)24)6-7-21(11-16(25)26)12-17(27)28/h1-4H,5-12H2,(H,18,22)(H,23,24)(H,25,26)(H,27,28). The number of nitrogens with one attached hydrogen (secondary N) is 1. The van der Waals surface area contributed by atoms with Gasteiger partial charge in [0.25, 0.3) is 0 Å². The van der Waals surface area contributed by atoms with E-state index in [2.05, 4.69) is 10.3 Å². The average molecular weight is 461 g/mol. The highest BCUT2D eigenvalue weighted by Crippen LogP contribution is 2.28. The van der Waals surface area contributed by atoms with Crippen molar-refractivity contribution in [3.8, 4) is 0 Å². The molecular weight excluding hydrogens is 436 g/mol. The molecule has 0 atom stereocenters. The SMILES string of the molecule is O=C(O)CN(CCN(CC(=O)O)CC(=O)NCCSSc1ccccn1)CC(=O)O. The van der Waals surface area contributed by atoms with Crippen LogP contribution in [0.5, 0.6) is 0 Å². The Labute approximate surface area is 181 Å². The first-order valence-electron chi connectivity index (χ1n) is 8.83. The van der Waals surface area contributed by atoms with Crippen molar-refractivity contribution in [3.63, 3.8) is 0 Å². The Kier molecular flexibility index (Phi) is 12.5. The van der Waals surface area contributed by atoms with E-state index in [1.165, 1.54) is 26.5 Å². The van der Waals surface area contributed by atoms with Gasteiger partial charge in [-0.25, -0.2) is 4.98 Å². The molecule has 0 aliphatic carbocycles. The van der Waals surface area contributed by atoms with E-state index in [0.29, 0.717) is 12.3 Å². The lowest BCUT2D eigenvalue weighted by atomic mass is 10.3. The van der Waals surface area contributed by atoms with Crippen molar-refractivity contribution in [1.82, 2.24) is 20.1 Å². The maximum absolute atomic E-state index is 12.1. The zero-order valence-electron chi connectivity index (χ0n) is 16.1. The molecule has 0 spiro atoms. The Morgan fingerprint density at radius 3 is 1.97 bits per heavy atom. The molecule has 0 aromatic carbocycles. The van der Waals surface area contributed by atoms with Crippen molar-refractivity contribution in [2.45, 2.75) is 5.03 Å². The summed E-state index contributed by atoms with van der Waals surface area (Å²) in [4.78, 5) is 51.5. The summed E-state index contributed by atoms with van der Waals surface area (Å²) in [5.41, 5.74) is 0. The average Bonchev–Trinajstić information content (AvgIpc) is 2.65. The Bertz CT molecular complexity index is 693. The van der Waals surface area contributed by atoms with Gasteiger partial charge >= 0.3 is 17.9 Å². The first-order valence-corrected chi connectivity index (χ1v) is 11.2. The quantitative estimate of drug-likeness (QED) is 0.190. The maximum atomic E-state index is 12.1. The van der Waals surface area contributed by atoms with Gasteiger partial charge in [-0.1, -0.05) is 16.9 Å². The molecule has 1 rings (SSSR count). The lowest BCUT2D eigenvalue weighted by molar-refractivity contribution is -0.143. The molecule has 166 valence electrons. The van der Waals surface area contributed by atoms with Crippen molar-refractivity contribution >= 4 is 45.4 Å². The predicted molar refractivity (Wildman–Crippen MR) is 111 cm³/mol. The minimum atomic E-state index is -1.19. The molecule has 1 amide bonds. The fraction of sp³-hybridized carbons (Fsp3) is 0.471. The molecule has 1 aromatic heterocycles. The largest absolute Gasteiger partial charge is 0.480 e. The number of carboxylic acid groups (broad SMARTS) is 3. The van der Waals surface area contributed by atoms with Gasteiger partial charge < -0.3 is 20.6 Å². The number of amides is 1. The van der Waals surface area contributed by atoms with Crippen molar-refractivity contribution in [3.05, 3.63) is 24.4 Å². The van der Waals surface area contributed by atoms with Crippen LogP contribution in [0.4, 0.5) is 0 Å². The van der Waals surface area contributed by atoms with E-state index in [1.807, 2.05) is 18.2 Å². The number of pyridine rings is 1. The van der Waals surface area contributed by atoms with Crippen molar-refractivity contribution < 1.29 is 34.5 Å². The van der Waals surface area contributed by atoms with Crippen LogP contribution in [0.15, 0.2) is 29.4 Å². The summed E-state index contributed by atoms with van der Waals surface area (Å²) in [6.45, 7) is -1.20. The zero-order chi connectivity index (χ0) is 22.4. The number of hydrogen-bond acceptors (Lipinski definition) is 9. The highest BCUT2D eigenvalue weighted by molar-refractivity contribution is 8.76. The van der Waals surface area contributed by atoms with E-state index in [0.717, 1.165) is 9.93 Å². The van der Waals surface area contributed by atoms with Crippen LogP contribution in [0.25, 0.3) is 0 Å². The summed E-state index contributed by atoms with van der Waals surface area (Å²) in [5, 5.41) is 30.3. The van der Waals surface area contributed by atoms with E-state index in [9.17, 15) is 19.2 Å². The van der Waals surface area contributed by atoms with E-state index in [4.69, 9.17) is 15.3 Å². The Morgan fingerprint density at radius 2 is 1.47 bits per heavy atom. The minimum absolute atomic E-state index is 0.00424. The molecule has 0 aliphatic heterocycles. The smallest absolute Gasteiger partial charge is 0.317 e. The van der Waals surface area contributed by atoms with Crippen molar-refractivity contribution in [2.24, 2.45) is 0 Å². The third-order valence-corrected chi connectivity index (χ3v) is 5.73. The third-order valence-electron chi connectivity index (χ3n) is 3.47. The number of carbonyl (C=O) groups is 4. The monoisotopic (exact) mass is 460 g/mol. The highest BCUT2D eigenvalue weighted by Gasteiger charge is 2.18. The van der Waals surface area contributed by atoms with Gasteiger partial charge in [0.15, 0.2) is 0 Å². The van der Waals surface area contributed by atoms with Crippen LogP contribution in [0, 0.1) is 0 Å². The normalized spacial score (nSPS) is 10.9. The fourth-order valence-corrected chi connectivity index (χ4v) is 4.06. The topological polar surface area (TPSA) is 160 Å². The Hall–Kier alpha value is -2.35. The summed E-state index contributed by atoms with van der Waals surface area (Å²) in [7, 11) is 3.00. The Morgan fingerprint density at radius 1 is 0.900 bits per heavy atom. The molecule has 30 heavy (non-hydrogen) atoms. The van der Waals surface area contributed by atoms with Gasteiger partial charge in [-0.05, 0) is 22.9 Å². The molecule has 0 aliphatic rings. The lowest BCUT2D eigenvalue weighted by Gasteiger charge is -2.24. The number of aromatic nitrogens is 1. The number of carboxylic acids is 3. The van der Waals surface area contributed by atoms with Crippen LogP contribution in [0.1, 0.15) is 0 Å². The summed E-state index contributed by atoms with van der Waals surface area (Å²) in [6.07, 6.45) is 1.69. The second-order valence-electron chi connectivity index (χ2n) is 6.03. The van der Waals surface area contributed by atoms with Gasteiger partial charge in [0.1, 0.15) is 5.03 Å².